The molecule has 1 aliphatic rings. The summed E-state index contributed by atoms with van der Waals surface area (Å²) >= 11 is 5.91. The van der Waals surface area contributed by atoms with Gasteiger partial charge >= 0.3 is 12.4 Å². The minimum atomic E-state index is -4.54. The molecule has 130 heavy (non-hydrogen) atoms. The molecule has 0 saturated carbocycles. The predicted molar refractivity (Wildman–Crippen MR) is 470 cm³/mol. The van der Waals surface area contributed by atoms with Crippen LogP contribution >= 0.6 is 11.6 Å². The molecule has 41 heteroatoms. The van der Waals surface area contributed by atoms with Crippen LogP contribution in [-0.4, -0.2) is 150 Å². The smallest absolute Gasteiger partial charge is 0.433 e. The van der Waals surface area contributed by atoms with Crippen molar-refractivity contribution in [3.05, 3.63) is 313 Å². The summed E-state index contributed by atoms with van der Waals surface area (Å²) in [5.41, 5.74) is 12.0. The standard InChI is InChI=1S/C18H14ClN5O.C18H13F3N6O.C18H13F3N6.C18H13F2N5O.C17H20N6O/c1-25-14-7-5-12(6-8-14)15-3-2-4-17-22-18(23-24(15)17)21-13-9-10-20-16(19)11-13;19-18(20,21)15-8-11(4-6-23-15)14-2-1-3-16-25-17(26-27(14)16)24-12-5-7-22-13(9-12)10-28;1-11-9-13(6-8-22-11)24-17-25-16-4-2-3-14(27(16)26-17)12-5-7-23-15(10-12)18(19,20)21;19-12-6-11(7-13(20)8-12)16-2-1-3-17-23-18(24-25(16)17)22-14-4-5-21-15(9-14)10-26;1-12-10-13(7-8-18-12)19-17-20-15-5-2-6-16(23(15)21-17)22-9-3-4-14(24)11-22/h2-11H,1H3,(H,20,21,23);1-9,28H,10H2,(H,22,24,26);2-10H,1H3,(H,22,24,26);1-9,26H,10H2,(H,21,22,24);2,5-8,10,14,24H,3-4,9,11H2,1H3,(H,18,19,21)/t;;;;14-/m....1/s1. The molecule has 1 fully saturated rings. The first-order chi connectivity index (χ1) is 62.9. The van der Waals surface area contributed by atoms with E-state index in [1.54, 1.807) is 127 Å². The van der Waals surface area contributed by atoms with Crippen LogP contribution in [0.3, 0.4) is 0 Å². The first-order valence-corrected chi connectivity index (χ1v) is 40.1. The Morgan fingerprint density at radius 1 is 0.392 bits per heavy atom. The van der Waals surface area contributed by atoms with E-state index in [0.29, 0.717) is 109 Å². The van der Waals surface area contributed by atoms with Crippen LogP contribution in [0.5, 0.6) is 5.75 Å². The van der Waals surface area contributed by atoms with Crippen LogP contribution in [0.2, 0.25) is 5.15 Å². The number of β-amino-alcohol motifs (C(OH)–C–C–N with tert-alkyl or cyclic N) is 1. The van der Waals surface area contributed by atoms with Crippen molar-refractivity contribution in [2.24, 2.45) is 0 Å². The van der Waals surface area contributed by atoms with Gasteiger partial charge < -0.3 is 51.5 Å². The zero-order chi connectivity index (χ0) is 90.6. The van der Waals surface area contributed by atoms with E-state index in [-0.39, 0.29) is 25.3 Å². The van der Waals surface area contributed by atoms with Crippen molar-refractivity contribution in [3.63, 3.8) is 0 Å². The molecule has 1 atom stereocenters. The van der Waals surface area contributed by atoms with Crippen molar-refractivity contribution < 1.29 is 55.2 Å². The summed E-state index contributed by atoms with van der Waals surface area (Å²) in [7, 11) is 1.65. The molecule has 20 rings (SSSR count). The molecular formula is C89H73ClF8N28O4. The van der Waals surface area contributed by atoms with E-state index in [1.165, 1.54) is 44.0 Å². The second-order valence-corrected chi connectivity index (χ2v) is 29.2. The second-order valence-electron chi connectivity index (χ2n) is 28.8. The lowest BCUT2D eigenvalue weighted by molar-refractivity contribution is -0.141. The van der Waals surface area contributed by atoms with E-state index in [0.717, 1.165) is 113 Å². The van der Waals surface area contributed by atoms with Crippen LogP contribution in [0, 0.1) is 25.5 Å². The van der Waals surface area contributed by atoms with Crippen LogP contribution in [0.25, 0.3) is 73.3 Å². The van der Waals surface area contributed by atoms with Gasteiger partial charge in [0, 0.05) is 125 Å². The number of ether oxygens (including phenoxy) is 1. The molecule has 1 aliphatic heterocycles. The number of aliphatic hydroxyl groups is 3. The van der Waals surface area contributed by atoms with Crippen LogP contribution < -0.4 is 36.2 Å². The van der Waals surface area contributed by atoms with Crippen LogP contribution in [0.1, 0.15) is 47.0 Å². The third-order valence-electron chi connectivity index (χ3n) is 19.5. The van der Waals surface area contributed by atoms with Gasteiger partial charge in [-0.05, 0) is 209 Å². The van der Waals surface area contributed by atoms with Crippen molar-refractivity contribution in [1.82, 2.24) is 108 Å². The fraction of sp³-hybridized carbons (Fsp3) is 0.135. The maximum atomic E-state index is 13.6. The van der Waals surface area contributed by atoms with Gasteiger partial charge in [-0.1, -0.05) is 41.9 Å². The summed E-state index contributed by atoms with van der Waals surface area (Å²) < 4.78 is 118. The highest BCUT2D eigenvalue weighted by molar-refractivity contribution is 6.29. The lowest BCUT2D eigenvalue weighted by atomic mass is 10.1. The molecule has 656 valence electrons. The number of hydrogen-bond acceptors (Lipinski definition) is 27. The average molecular weight is 1790 g/mol. The Kier molecular flexibility index (Phi) is 26.0. The Balaban J connectivity index is 0.000000119. The van der Waals surface area contributed by atoms with Gasteiger partial charge in [0.1, 0.15) is 39.7 Å². The Morgan fingerprint density at radius 3 is 1.15 bits per heavy atom. The Hall–Kier alpha value is -16.2. The number of aromatic nitrogens is 22. The Bertz CT molecular complexity index is 7200. The van der Waals surface area contributed by atoms with E-state index in [4.69, 9.17) is 21.4 Å². The molecule has 17 aromatic heterocycles. The van der Waals surface area contributed by atoms with Gasteiger partial charge in [0.15, 0.2) is 28.2 Å². The quantitative estimate of drug-likeness (QED) is 0.0292. The van der Waals surface area contributed by atoms with E-state index in [2.05, 4.69) is 117 Å². The molecule has 0 radical (unpaired) electrons. The molecule has 18 heterocycles. The Labute approximate surface area is 736 Å². The number of fused-ring (bicyclic) bond motifs is 5. The molecule has 19 aromatic rings. The number of hydrogen-bond donors (Lipinski definition) is 8. The molecule has 0 aliphatic carbocycles. The summed E-state index contributed by atoms with van der Waals surface area (Å²) in [6, 6.07) is 60.9. The molecule has 0 spiro atoms. The monoisotopic (exact) mass is 1780 g/mol. The van der Waals surface area contributed by atoms with Crippen LogP contribution in [-0.2, 0) is 25.6 Å². The van der Waals surface area contributed by atoms with Crippen molar-refractivity contribution in [3.8, 4) is 50.8 Å². The summed E-state index contributed by atoms with van der Waals surface area (Å²) in [5, 5.41) is 66.4. The van der Waals surface area contributed by atoms with Gasteiger partial charge in [0.2, 0.25) is 29.7 Å². The molecule has 0 amide bonds. The number of pyridine rings is 12. The summed E-state index contributed by atoms with van der Waals surface area (Å²) in [6.45, 7) is 4.98. The Morgan fingerprint density at radius 2 is 0.754 bits per heavy atom. The summed E-state index contributed by atoms with van der Waals surface area (Å²) in [6.07, 6.45) is 2.89. The van der Waals surface area contributed by atoms with Gasteiger partial charge in [-0.25, -0.2) is 31.8 Å². The molecule has 32 nitrogen and oxygen atoms in total. The van der Waals surface area contributed by atoms with E-state index in [9.17, 15) is 45.3 Å². The molecule has 8 N–H and O–H groups in total. The van der Waals surface area contributed by atoms with Gasteiger partial charge in [-0.15, -0.1) is 25.5 Å². The van der Waals surface area contributed by atoms with Gasteiger partial charge in [-0.3, -0.25) is 29.9 Å². The van der Waals surface area contributed by atoms with Gasteiger partial charge in [0.25, 0.3) is 0 Å². The number of piperidine rings is 1. The average Bonchev–Trinajstić information content (AvgIpc) is 1.60. The molecular weight excluding hydrogens is 1710 g/mol. The lowest BCUT2D eigenvalue weighted by Gasteiger charge is -2.31. The minimum Gasteiger partial charge on any atom is -0.497 e. The SMILES string of the molecule is COc1ccc(-c2cccc3nc(Nc4ccnc(Cl)c4)nn23)cc1.Cc1cc(Nc2nc3cccc(-c4ccnc(C(F)(F)F)c4)n3n2)ccn1.Cc1cc(Nc2nc3cccc(N4CCC[C@@H](O)C4)n3n2)ccn1.OCc1cc(Nc2nc3cccc(-c4cc(F)cc(F)c4)n3n2)ccn1.OCc1cc(Nc2nc3cccc(-c4ccnc(C(F)(F)F)c4)n3n2)ccn1. The van der Waals surface area contributed by atoms with E-state index < -0.39 is 35.4 Å². The third-order valence-corrected chi connectivity index (χ3v) is 19.7. The van der Waals surface area contributed by atoms with Crippen molar-refractivity contribution in [1.29, 1.82) is 0 Å². The summed E-state index contributed by atoms with van der Waals surface area (Å²) in [5.74, 6) is 2.38. The highest BCUT2D eigenvalue weighted by Crippen LogP contribution is 2.35. The van der Waals surface area contributed by atoms with Crippen molar-refractivity contribution in [2.45, 2.75) is 58.4 Å². The highest BCUT2D eigenvalue weighted by Gasteiger charge is 2.34. The maximum absolute atomic E-state index is 13.6. The number of methoxy groups -OCH3 is 1. The second kappa shape index (κ2) is 38.7. The van der Waals surface area contributed by atoms with Crippen molar-refractivity contribution >= 4 is 104 Å². The van der Waals surface area contributed by atoms with Crippen molar-refractivity contribution in [2.75, 3.05) is 51.7 Å². The number of aliphatic hydroxyl groups excluding tert-OH is 3. The predicted octanol–water partition coefficient (Wildman–Crippen LogP) is 17.3. The summed E-state index contributed by atoms with van der Waals surface area (Å²) in [4.78, 5) is 51.4. The normalized spacial score (nSPS) is 12.6. The van der Waals surface area contributed by atoms with Gasteiger partial charge in [-0.2, -0.15) is 55.8 Å². The zero-order valence-corrected chi connectivity index (χ0v) is 69.3. The fourth-order valence-corrected chi connectivity index (χ4v) is 13.8. The topological polar surface area (TPSA) is 374 Å². The molecule has 0 bridgehead atoms. The minimum absolute atomic E-state index is 0.177. The number of alkyl halides is 6. The van der Waals surface area contributed by atoms with E-state index in [1.807, 2.05) is 103 Å². The van der Waals surface area contributed by atoms with E-state index >= 15 is 0 Å². The van der Waals surface area contributed by atoms with Crippen LogP contribution in [0.4, 0.5) is 99.1 Å². The molecule has 1 saturated heterocycles. The number of nitrogens with one attached hydrogen (secondary N) is 5. The number of anilines is 11. The van der Waals surface area contributed by atoms with Crippen LogP contribution in [0.15, 0.2) is 262 Å². The molecule has 2 aromatic carbocycles. The highest BCUT2D eigenvalue weighted by atomic mass is 35.5. The largest absolute Gasteiger partial charge is 0.497 e. The number of rotatable bonds is 18. The lowest BCUT2D eigenvalue weighted by Crippen LogP contribution is -2.39. The zero-order valence-electron chi connectivity index (χ0n) is 68.6. The third kappa shape index (κ3) is 21.3. The number of nitrogens with zero attached hydrogens (tertiary/aromatic N) is 23. The maximum Gasteiger partial charge on any atom is 0.433 e. The number of aryl methyl sites for hydroxylation is 2. The number of benzene rings is 2. The fourth-order valence-electron chi connectivity index (χ4n) is 13.7. The first kappa shape index (κ1) is 87.3. The van der Waals surface area contributed by atoms with Gasteiger partial charge in [0.05, 0.1) is 60.6 Å². The molecule has 0 unspecified atom stereocenters. The number of halogens is 9. The first-order valence-electron chi connectivity index (χ1n) is 39.7.